The molecule has 120 valence electrons. The van der Waals surface area contributed by atoms with E-state index in [9.17, 15) is 4.79 Å². The first-order valence-electron chi connectivity index (χ1n) is 7.82. The molecule has 0 heterocycles. The van der Waals surface area contributed by atoms with Gasteiger partial charge in [-0.05, 0) is 24.5 Å². The number of benzene rings is 1. The van der Waals surface area contributed by atoms with Crippen molar-refractivity contribution in [2.45, 2.75) is 38.6 Å². The number of amides is 2. The molecule has 0 bridgehead atoms. The van der Waals surface area contributed by atoms with Crippen LogP contribution in [0.1, 0.15) is 31.4 Å². The molecule has 4 nitrogen and oxygen atoms in total. The summed E-state index contributed by atoms with van der Waals surface area (Å²) in [7, 11) is 0. The fourth-order valence-corrected chi connectivity index (χ4v) is 2.97. The van der Waals surface area contributed by atoms with E-state index in [1.165, 1.54) is 11.1 Å². The first-order valence-corrected chi connectivity index (χ1v) is 7.82. The van der Waals surface area contributed by atoms with Gasteiger partial charge in [0.1, 0.15) is 0 Å². The number of aryl methyl sites for hydroxylation is 1. The molecular formula is C18H26N2O2. The average Bonchev–Trinajstić information content (AvgIpc) is 2.93. The Bertz CT molecular complexity index is 552. The first-order chi connectivity index (χ1) is 10.4. The topological polar surface area (TPSA) is 61.4 Å². The van der Waals surface area contributed by atoms with Gasteiger partial charge in [-0.1, -0.05) is 50.3 Å². The predicted molar refractivity (Wildman–Crippen MR) is 88.9 cm³/mol. The summed E-state index contributed by atoms with van der Waals surface area (Å²) in [6.07, 6.45) is 4.68. The van der Waals surface area contributed by atoms with Crippen molar-refractivity contribution >= 4 is 6.03 Å². The van der Waals surface area contributed by atoms with E-state index < -0.39 is 0 Å². The van der Waals surface area contributed by atoms with Crippen molar-refractivity contribution in [1.29, 1.82) is 0 Å². The van der Waals surface area contributed by atoms with Crippen molar-refractivity contribution in [3.8, 4) is 0 Å². The number of aliphatic hydroxyl groups excluding tert-OH is 1. The van der Waals surface area contributed by atoms with Crippen LogP contribution in [-0.2, 0) is 5.41 Å². The highest BCUT2D eigenvalue weighted by atomic mass is 16.3. The number of carbonyl (C=O) groups excluding carboxylic acids is 1. The highest BCUT2D eigenvalue weighted by Gasteiger charge is 2.24. The molecule has 0 aromatic heterocycles. The van der Waals surface area contributed by atoms with Gasteiger partial charge in [-0.3, -0.25) is 0 Å². The van der Waals surface area contributed by atoms with Gasteiger partial charge in [-0.2, -0.15) is 0 Å². The Kier molecular flexibility index (Phi) is 5.24. The van der Waals surface area contributed by atoms with Crippen LogP contribution in [0.4, 0.5) is 4.79 Å². The van der Waals surface area contributed by atoms with E-state index >= 15 is 0 Å². The lowest BCUT2D eigenvalue weighted by Crippen LogP contribution is -2.45. The second kappa shape index (κ2) is 6.97. The zero-order chi connectivity index (χ0) is 16.2. The van der Waals surface area contributed by atoms with E-state index in [0.29, 0.717) is 6.54 Å². The number of carbonyl (C=O) groups is 1. The molecule has 0 saturated heterocycles. The molecule has 3 N–H and O–H groups in total. The van der Waals surface area contributed by atoms with Crippen LogP contribution >= 0.6 is 0 Å². The highest BCUT2D eigenvalue weighted by Crippen LogP contribution is 2.25. The number of rotatable bonds is 5. The third-order valence-corrected chi connectivity index (χ3v) is 4.29. The van der Waals surface area contributed by atoms with Crippen LogP contribution in [0.5, 0.6) is 0 Å². The largest absolute Gasteiger partial charge is 0.396 e. The summed E-state index contributed by atoms with van der Waals surface area (Å²) < 4.78 is 0. The summed E-state index contributed by atoms with van der Waals surface area (Å²) in [6.45, 7) is 7.06. The van der Waals surface area contributed by atoms with Gasteiger partial charge in [-0.25, -0.2) is 4.79 Å². The Morgan fingerprint density at radius 1 is 1.32 bits per heavy atom. The molecule has 4 heteroatoms. The van der Waals surface area contributed by atoms with Crippen molar-refractivity contribution in [1.82, 2.24) is 10.6 Å². The van der Waals surface area contributed by atoms with Crippen LogP contribution in [-0.4, -0.2) is 30.3 Å². The lowest BCUT2D eigenvalue weighted by Gasteiger charge is -2.27. The fraction of sp³-hybridized carbons (Fsp3) is 0.500. The third kappa shape index (κ3) is 4.10. The smallest absolute Gasteiger partial charge is 0.315 e. The Hall–Kier alpha value is -1.81. The maximum absolute atomic E-state index is 12.0. The van der Waals surface area contributed by atoms with Crippen LogP contribution in [0.2, 0.25) is 0 Å². The lowest BCUT2D eigenvalue weighted by atomic mass is 9.82. The molecule has 2 rings (SSSR count). The number of urea groups is 1. The fourth-order valence-electron chi connectivity index (χ4n) is 2.97. The second-order valence-corrected chi connectivity index (χ2v) is 6.70. The summed E-state index contributed by atoms with van der Waals surface area (Å²) in [5, 5.41) is 15.0. The van der Waals surface area contributed by atoms with Gasteiger partial charge in [-0.15, -0.1) is 0 Å². The van der Waals surface area contributed by atoms with Gasteiger partial charge < -0.3 is 15.7 Å². The Morgan fingerprint density at radius 3 is 2.68 bits per heavy atom. The minimum absolute atomic E-state index is 0.0127. The monoisotopic (exact) mass is 302 g/mol. The summed E-state index contributed by atoms with van der Waals surface area (Å²) >= 11 is 0. The van der Waals surface area contributed by atoms with E-state index in [0.717, 1.165) is 6.42 Å². The molecule has 0 radical (unpaired) electrons. The minimum Gasteiger partial charge on any atom is -0.396 e. The van der Waals surface area contributed by atoms with E-state index in [4.69, 9.17) is 5.11 Å². The first kappa shape index (κ1) is 16.6. The molecule has 0 saturated carbocycles. The van der Waals surface area contributed by atoms with E-state index in [1.54, 1.807) is 0 Å². The number of nitrogens with one attached hydrogen (secondary N) is 2. The maximum Gasteiger partial charge on any atom is 0.315 e. The zero-order valence-electron chi connectivity index (χ0n) is 13.6. The zero-order valence-corrected chi connectivity index (χ0v) is 13.6. The van der Waals surface area contributed by atoms with Crippen LogP contribution < -0.4 is 10.6 Å². The molecule has 0 unspecified atom stereocenters. The molecule has 0 fully saturated rings. The highest BCUT2D eigenvalue weighted by molar-refractivity contribution is 5.74. The van der Waals surface area contributed by atoms with Crippen LogP contribution in [0.25, 0.3) is 0 Å². The molecule has 1 aliphatic rings. The summed E-state index contributed by atoms with van der Waals surface area (Å²) in [6, 6.07) is 8.12. The maximum atomic E-state index is 12.0. The molecular weight excluding hydrogens is 276 g/mol. The van der Waals surface area contributed by atoms with E-state index in [1.807, 2.05) is 24.3 Å². The lowest BCUT2D eigenvalue weighted by molar-refractivity contribution is 0.229. The van der Waals surface area contributed by atoms with E-state index in [-0.39, 0.29) is 30.0 Å². The average molecular weight is 302 g/mol. The molecule has 2 amide bonds. The summed E-state index contributed by atoms with van der Waals surface area (Å²) in [4.78, 5) is 12.0. The van der Waals surface area contributed by atoms with E-state index in [2.05, 4.69) is 43.5 Å². The molecule has 1 aromatic carbocycles. The summed E-state index contributed by atoms with van der Waals surface area (Å²) in [5.41, 5.74) is 2.36. The third-order valence-electron chi connectivity index (χ3n) is 4.29. The number of hydrogen-bond acceptors (Lipinski definition) is 2. The molecule has 22 heavy (non-hydrogen) atoms. The predicted octanol–water partition coefficient (Wildman–Crippen LogP) is 2.51. The second-order valence-electron chi connectivity index (χ2n) is 6.70. The van der Waals surface area contributed by atoms with Gasteiger partial charge in [0, 0.05) is 30.5 Å². The number of aliphatic hydroxyl groups is 1. The van der Waals surface area contributed by atoms with Crippen LogP contribution in [0.15, 0.2) is 36.4 Å². The van der Waals surface area contributed by atoms with Crippen LogP contribution in [0.3, 0.4) is 0 Å². The summed E-state index contributed by atoms with van der Waals surface area (Å²) in [5.74, 6) is 0.161. The van der Waals surface area contributed by atoms with Crippen molar-refractivity contribution in [2.75, 3.05) is 13.2 Å². The minimum atomic E-state index is -0.158. The number of hydrogen-bond donors (Lipinski definition) is 3. The van der Waals surface area contributed by atoms with Crippen molar-refractivity contribution in [3.05, 3.63) is 47.5 Å². The van der Waals surface area contributed by atoms with Gasteiger partial charge in [0.05, 0.1) is 0 Å². The van der Waals surface area contributed by atoms with Crippen molar-refractivity contribution in [2.24, 2.45) is 5.92 Å². The normalized spacial score (nSPS) is 20.9. The van der Waals surface area contributed by atoms with Crippen molar-refractivity contribution in [3.63, 3.8) is 0 Å². The standard InChI is InChI=1S/C18H26N2O2/c1-13-6-4-5-7-16(13)18(2,3)12-19-17(22)20-15-9-8-14(10-15)11-21/h4-9,14-15,21H,10-12H2,1-3H3,(H2,19,20,22)/t14-,15+/m0/s1. The Morgan fingerprint density at radius 2 is 2.05 bits per heavy atom. The Balaban J connectivity index is 1.86. The van der Waals surface area contributed by atoms with Gasteiger partial charge in [0.2, 0.25) is 0 Å². The van der Waals surface area contributed by atoms with Gasteiger partial charge in [0.15, 0.2) is 0 Å². The van der Waals surface area contributed by atoms with Crippen molar-refractivity contribution < 1.29 is 9.90 Å². The SMILES string of the molecule is Cc1ccccc1C(C)(C)CNC(=O)N[C@@H]1C=C[C@H](CO)C1. The Labute approximate surface area is 132 Å². The van der Waals surface area contributed by atoms with Gasteiger partial charge in [0.25, 0.3) is 0 Å². The molecule has 0 spiro atoms. The molecule has 1 aromatic rings. The molecule has 1 aliphatic carbocycles. The molecule has 0 aliphatic heterocycles. The van der Waals surface area contributed by atoms with Gasteiger partial charge >= 0.3 is 6.03 Å². The quantitative estimate of drug-likeness (QED) is 0.732. The molecule has 2 atom stereocenters. The van der Waals surface area contributed by atoms with Crippen LogP contribution in [0, 0.1) is 12.8 Å².